The van der Waals surface area contributed by atoms with Gasteiger partial charge in [-0.15, -0.1) is 10.2 Å². The minimum atomic E-state index is -1.06. The Morgan fingerprint density at radius 3 is 2.43 bits per heavy atom. The molecule has 47 heavy (non-hydrogen) atoms. The number of ketones is 1. The zero-order valence-corrected chi connectivity index (χ0v) is 29.1. The molecule has 1 N–H and O–H groups in total. The zero-order valence-electron chi connectivity index (χ0n) is 24.4. The van der Waals surface area contributed by atoms with Crippen LogP contribution in [0.4, 0.5) is 5.13 Å². The summed E-state index contributed by atoms with van der Waals surface area (Å²) in [5.74, 6) is -1.05. The van der Waals surface area contributed by atoms with E-state index in [-0.39, 0.29) is 21.5 Å². The lowest BCUT2D eigenvalue weighted by molar-refractivity contribution is -0.132. The van der Waals surface area contributed by atoms with Crippen LogP contribution < -0.4 is 9.64 Å². The molecule has 238 valence electrons. The molecule has 4 aromatic carbocycles. The second-order valence-corrected chi connectivity index (χ2v) is 14.4. The molecule has 1 aromatic heterocycles. The van der Waals surface area contributed by atoms with Gasteiger partial charge in [-0.25, -0.2) is 0 Å². The van der Waals surface area contributed by atoms with E-state index in [1.807, 2.05) is 37.3 Å². The van der Waals surface area contributed by atoms with Crippen LogP contribution in [0.3, 0.4) is 0 Å². The van der Waals surface area contributed by atoms with Crippen molar-refractivity contribution in [2.45, 2.75) is 29.7 Å². The fraction of sp³-hybridized carbons (Fsp3) is 0.118. The Kier molecular flexibility index (Phi) is 10.1. The fourth-order valence-corrected chi connectivity index (χ4v) is 7.73. The monoisotopic (exact) mass is 741 g/mol. The van der Waals surface area contributed by atoms with E-state index in [1.165, 1.54) is 16.7 Å². The highest BCUT2D eigenvalue weighted by molar-refractivity contribution is 8.00. The number of rotatable bonds is 9. The third-order valence-electron chi connectivity index (χ3n) is 7.29. The van der Waals surface area contributed by atoms with Crippen molar-refractivity contribution in [3.8, 4) is 5.75 Å². The molecule has 5 aromatic rings. The van der Waals surface area contributed by atoms with Gasteiger partial charge < -0.3 is 9.84 Å². The number of thioether (sulfide) groups is 1. The maximum Gasteiger partial charge on any atom is 0.301 e. The number of aromatic nitrogens is 2. The van der Waals surface area contributed by atoms with Crippen molar-refractivity contribution in [2.75, 3.05) is 4.90 Å². The summed E-state index contributed by atoms with van der Waals surface area (Å²) in [7, 11) is 0. The van der Waals surface area contributed by atoms with Crippen molar-refractivity contribution in [2.24, 2.45) is 0 Å². The number of nitrogens with zero attached hydrogens (tertiary/aromatic N) is 3. The third kappa shape index (κ3) is 7.31. The minimum Gasteiger partial charge on any atom is -0.507 e. The van der Waals surface area contributed by atoms with Crippen molar-refractivity contribution in [1.29, 1.82) is 0 Å². The molecule has 0 spiro atoms. The predicted molar refractivity (Wildman–Crippen MR) is 189 cm³/mol. The number of amides is 1. The van der Waals surface area contributed by atoms with Crippen LogP contribution in [0.2, 0.25) is 20.1 Å². The number of halogens is 4. The number of Topliss-reactive ketones (excluding diaryl/α,β-unsaturated/α-hetero) is 1. The van der Waals surface area contributed by atoms with Gasteiger partial charge in [0.1, 0.15) is 18.1 Å². The Balaban J connectivity index is 1.31. The number of ether oxygens (including phenoxy) is 1. The molecule has 0 saturated carbocycles. The summed E-state index contributed by atoms with van der Waals surface area (Å²) in [6, 6.07) is 23.6. The maximum atomic E-state index is 13.6. The molecule has 0 radical (unpaired) electrons. The van der Waals surface area contributed by atoms with E-state index in [9.17, 15) is 14.7 Å². The number of hydrogen-bond acceptors (Lipinski definition) is 8. The molecule has 2 heterocycles. The maximum absolute atomic E-state index is 13.6. The van der Waals surface area contributed by atoms with Crippen LogP contribution in [0.25, 0.3) is 5.76 Å². The molecular formula is C34H23Cl4N3O4S2. The molecule has 1 amide bonds. The number of aliphatic hydroxyl groups is 1. The van der Waals surface area contributed by atoms with Gasteiger partial charge in [-0.05, 0) is 72.1 Å². The Hall–Kier alpha value is -3.57. The first-order chi connectivity index (χ1) is 22.6. The second-order valence-electron chi connectivity index (χ2n) is 10.5. The van der Waals surface area contributed by atoms with E-state index in [1.54, 1.807) is 54.6 Å². The highest BCUT2D eigenvalue weighted by Gasteiger charge is 2.48. The predicted octanol–water partition coefficient (Wildman–Crippen LogP) is 9.96. The molecule has 1 unspecified atom stereocenters. The number of carbonyl (C=O) groups excluding carboxylic acids is 2. The lowest BCUT2D eigenvalue weighted by Gasteiger charge is -2.23. The smallest absolute Gasteiger partial charge is 0.301 e. The molecule has 1 fully saturated rings. The first kappa shape index (κ1) is 33.3. The SMILES string of the molecule is Cc1cccc(COc2ccc(/C(O)=C3\C(=O)C(=O)N(c4nnc(SCc5ccc(Cl)cc5Cl)s4)C3c3ccc(Cl)c(Cl)c3)cc2)c1. The highest BCUT2D eigenvalue weighted by Crippen LogP contribution is 2.45. The average Bonchev–Trinajstić information content (AvgIpc) is 3.62. The summed E-state index contributed by atoms with van der Waals surface area (Å²) in [6.07, 6.45) is 0. The van der Waals surface area contributed by atoms with E-state index in [0.29, 0.717) is 48.6 Å². The van der Waals surface area contributed by atoms with Gasteiger partial charge in [0.05, 0.1) is 21.7 Å². The lowest BCUT2D eigenvalue weighted by atomic mass is 9.95. The van der Waals surface area contributed by atoms with Gasteiger partial charge in [0.25, 0.3) is 5.78 Å². The second kappa shape index (κ2) is 14.3. The van der Waals surface area contributed by atoms with E-state index in [0.717, 1.165) is 28.0 Å². The number of hydrogen-bond donors (Lipinski definition) is 1. The Labute approximate surface area is 298 Å². The molecular weight excluding hydrogens is 720 g/mol. The Morgan fingerprint density at radius 1 is 0.915 bits per heavy atom. The van der Waals surface area contributed by atoms with E-state index < -0.39 is 17.7 Å². The summed E-state index contributed by atoms with van der Waals surface area (Å²) in [6.45, 7) is 2.38. The van der Waals surface area contributed by atoms with Crippen LogP contribution >= 0.6 is 69.5 Å². The molecule has 0 aliphatic carbocycles. The molecule has 1 aliphatic rings. The van der Waals surface area contributed by atoms with Gasteiger partial charge >= 0.3 is 5.91 Å². The van der Waals surface area contributed by atoms with Crippen molar-refractivity contribution in [3.05, 3.63) is 138 Å². The number of anilines is 1. The van der Waals surface area contributed by atoms with E-state index in [2.05, 4.69) is 10.2 Å². The molecule has 7 nitrogen and oxygen atoms in total. The summed E-state index contributed by atoms with van der Waals surface area (Å²) >= 11 is 27.4. The van der Waals surface area contributed by atoms with Gasteiger partial charge in [-0.3, -0.25) is 14.5 Å². The summed E-state index contributed by atoms with van der Waals surface area (Å²) in [5, 5.41) is 21.8. The van der Waals surface area contributed by atoms with Crippen LogP contribution in [0.15, 0.2) is 94.8 Å². The van der Waals surface area contributed by atoms with Crippen molar-refractivity contribution in [3.63, 3.8) is 0 Å². The highest BCUT2D eigenvalue weighted by atomic mass is 35.5. The van der Waals surface area contributed by atoms with Gasteiger partial charge in [0.2, 0.25) is 5.13 Å². The van der Waals surface area contributed by atoms with Crippen LogP contribution in [-0.4, -0.2) is 27.0 Å². The fourth-order valence-electron chi connectivity index (χ4n) is 5.00. The number of carbonyl (C=O) groups is 2. The first-order valence-corrected chi connectivity index (χ1v) is 17.4. The first-order valence-electron chi connectivity index (χ1n) is 14.0. The zero-order chi connectivity index (χ0) is 33.2. The number of benzene rings is 4. The normalized spacial score (nSPS) is 15.8. The Morgan fingerprint density at radius 2 is 1.70 bits per heavy atom. The number of aryl methyl sites for hydroxylation is 1. The van der Waals surface area contributed by atoms with Crippen molar-refractivity contribution in [1.82, 2.24) is 10.2 Å². The Bertz CT molecular complexity index is 2030. The summed E-state index contributed by atoms with van der Waals surface area (Å²) < 4.78 is 6.46. The van der Waals surface area contributed by atoms with Crippen molar-refractivity contribution < 1.29 is 19.4 Å². The largest absolute Gasteiger partial charge is 0.507 e. The third-order valence-corrected chi connectivity index (χ3v) is 10.7. The van der Waals surface area contributed by atoms with Gasteiger partial charge in [0, 0.05) is 21.4 Å². The van der Waals surface area contributed by atoms with E-state index in [4.69, 9.17) is 51.1 Å². The lowest BCUT2D eigenvalue weighted by Crippen LogP contribution is -2.29. The van der Waals surface area contributed by atoms with Gasteiger partial charge in [-0.1, -0.05) is 111 Å². The quantitative estimate of drug-likeness (QED) is 0.0528. The van der Waals surface area contributed by atoms with Crippen LogP contribution in [-0.2, 0) is 21.9 Å². The van der Waals surface area contributed by atoms with Crippen LogP contribution in [0, 0.1) is 6.92 Å². The van der Waals surface area contributed by atoms with E-state index >= 15 is 0 Å². The van der Waals surface area contributed by atoms with Crippen LogP contribution in [0.1, 0.15) is 33.9 Å². The molecule has 1 saturated heterocycles. The average molecular weight is 744 g/mol. The van der Waals surface area contributed by atoms with Crippen LogP contribution in [0.5, 0.6) is 5.75 Å². The molecule has 0 bridgehead atoms. The molecule has 13 heteroatoms. The molecule has 1 aliphatic heterocycles. The molecule has 1 atom stereocenters. The van der Waals surface area contributed by atoms with Gasteiger partial charge in [0.15, 0.2) is 4.34 Å². The number of aliphatic hydroxyl groups excluding tert-OH is 1. The summed E-state index contributed by atoms with van der Waals surface area (Å²) in [4.78, 5) is 28.4. The van der Waals surface area contributed by atoms with Gasteiger partial charge in [-0.2, -0.15) is 0 Å². The standard InChI is InChI=1S/C34H23Cl4N3O4S2/c1-18-3-2-4-19(13-18)16-45-24-10-6-20(7-11-24)30(42)28-29(21-8-12-25(36)27(38)14-21)41(32(44)31(28)43)33-39-40-34(47-33)46-17-22-5-9-23(35)15-26(22)37/h2-15,29,42H,16-17H2,1H3/b30-28+. The minimum absolute atomic E-state index is 0.126. The summed E-state index contributed by atoms with van der Waals surface area (Å²) in [5.41, 5.74) is 3.65. The topological polar surface area (TPSA) is 92.6 Å². The van der Waals surface area contributed by atoms with Crippen molar-refractivity contribution >= 4 is 92.1 Å². The molecule has 6 rings (SSSR count).